The maximum Gasteiger partial charge on any atom is 0.327 e. The van der Waals surface area contributed by atoms with Crippen molar-refractivity contribution in [2.45, 2.75) is 31.5 Å². The molecule has 0 saturated heterocycles. The zero-order valence-corrected chi connectivity index (χ0v) is 30.8. The van der Waals surface area contributed by atoms with Gasteiger partial charge in [0.2, 0.25) is 0 Å². The molecule has 1 aliphatic rings. The van der Waals surface area contributed by atoms with E-state index in [-0.39, 0.29) is 24.2 Å². The fraction of sp³-hybridized carbons (Fsp3) is 0.209. The van der Waals surface area contributed by atoms with Gasteiger partial charge in [0.15, 0.2) is 17.3 Å². The maximum absolute atomic E-state index is 13.9. The van der Waals surface area contributed by atoms with Crippen LogP contribution in [-0.4, -0.2) is 39.8 Å². The fourth-order valence-corrected chi connectivity index (χ4v) is 6.81. The monoisotopic (exact) mass is 746 g/mol. The minimum atomic E-state index is -0.724. The number of nitrogens with zero attached hydrogens (tertiary/aromatic N) is 1. The second-order valence-electron chi connectivity index (χ2n) is 12.7. The molecule has 1 N–H and O–H groups in total. The third kappa shape index (κ3) is 7.85. The Hall–Kier alpha value is -5.97. The van der Waals surface area contributed by atoms with Crippen LogP contribution in [0.4, 0.5) is 5.69 Å². The number of para-hydroxylation sites is 2. The summed E-state index contributed by atoms with van der Waals surface area (Å²) < 4.78 is 34.0. The molecule has 11 heteroatoms. The maximum atomic E-state index is 13.9. The van der Waals surface area contributed by atoms with Crippen molar-refractivity contribution in [3.8, 4) is 28.6 Å². The van der Waals surface area contributed by atoms with Gasteiger partial charge in [-0.2, -0.15) is 0 Å². The second kappa shape index (κ2) is 16.4. The third-order valence-corrected chi connectivity index (χ3v) is 9.73. The van der Waals surface area contributed by atoms with Gasteiger partial charge in [0.05, 0.1) is 27.9 Å². The molecule has 2 atom stereocenters. The van der Waals surface area contributed by atoms with E-state index in [4.69, 9.17) is 39.4 Å². The zero-order chi connectivity index (χ0) is 37.6. The zero-order valence-electron chi connectivity index (χ0n) is 30.0. The van der Waals surface area contributed by atoms with Crippen molar-refractivity contribution in [3.05, 3.63) is 154 Å². The highest BCUT2D eigenvalue weighted by molar-refractivity contribution is 6.30. The first-order valence-corrected chi connectivity index (χ1v) is 17.8. The van der Waals surface area contributed by atoms with Crippen molar-refractivity contribution in [1.82, 2.24) is 5.32 Å². The van der Waals surface area contributed by atoms with Gasteiger partial charge >= 0.3 is 5.97 Å². The molecule has 1 aliphatic heterocycles. The third-order valence-electron chi connectivity index (χ3n) is 9.48. The smallest absolute Gasteiger partial charge is 0.327 e. The van der Waals surface area contributed by atoms with Crippen molar-refractivity contribution in [2.24, 2.45) is 0 Å². The van der Waals surface area contributed by atoms with Gasteiger partial charge < -0.3 is 32.7 Å². The molecule has 0 spiro atoms. The van der Waals surface area contributed by atoms with Gasteiger partial charge in [-0.15, -0.1) is 0 Å². The highest BCUT2D eigenvalue weighted by Crippen LogP contribution is 2.42. The first kappa shape index (κ1) is 36.4. The number of rotatable bonds is 13. The molecule has 1 amide bonds. The Kier molecular flexibility index (Phi) is 11.0. The van der Waals surface area contributed by atoms with Crippen molar-refractivity contribution in [2.75, 3.05) is 32.8 Å². The first-order chi connectivity index (χ1) is 26.3. The number of hydrogen-bond acceptors (Lipinski definition) is 9. The average Bonchev–Trinajstić information content (AvgIpc) is 3.90. The largest absolute Gasteiger partial charge is 0.497 e. The topological polar surface area (TPSA) is 113 Å². The standard InChI is InChI=1S/C43H39ClN2O8/c1-49-31-16-19-36-35(24-31)34(22-23-46(36)42(47)40-21-18-33(54-40)26-52-39-7-5-4-6-38(39)50-2)27-8-10-29(11-9-27)41(43(48)51-3)45-25-32-17-20-37(53-32)28-12-14-30(44)15-13-28/h4-21,24,34,41,45H,22-23,25-26H2,1-3H3. The summed E-state index contributed by atoms with van der Waals surface area (Å²) in [6.07, 6.45) is 0.656. The molecule has 0 bridgehead atoms. The molecular weight excluding hydrogens is 708 g/mol. The molecule has 2 unspecified atom stereocenters. The number of methoxy groups -OCH3 is 3. The Bertz CT molecular complexity index is 2230. The summed E-state index contributed by atoms with van der Waals surface area (Å²) in [6.45, 7) is 0.909. The molecular formula is C43H39ClN2O8. The summed E-state index contributed by atoms with van der Waals surface area (Å²) in [6, 6.07) is 34.8. The highest BCUT2D eigenvalue weighted by Gasteiger charge is 2.32. The predicted molar refractivity (Wildman–Crippen MR) is 204 cm³/mol. The number of esters is 1. The van der Waals surface area contributed by atoms with Crippen LogP contribution in [0.25, 0.3) is 11.3 Å². The van der Waals surface area contributed by atoms with E-state index in [9.17, 15) is 9.59 Å². The van der Waals surface area contributed by atoms with E-state index in [0.717, 1.165) is 27.9 Å². The molecule has 0 fully saturated rings. The van der Waals surface area contributed by atoms with Crippen LogP contribution in [-0.2, 0) is 22.7 Å². The Balaban J connectivity index is 1.06. The minimum Gasteiger partial charge on any atom is -0.497 e. The van der Waals surface area contributed by atoms with Crippen LogP contribution in [0.3, 0.4) is 0 Å². The van der Waals surface area contributed by atoms with Gasteiger partial charge in [0, 0.05) is 28.7 Å². The van der Waals surface area contributed by atoms with Crippen LogP contribution in [0.1, 0.15) is 57.1 Å². The summed E-state index contributed by atoms with van der Waals surface area (Å²) >= 11 is 6.03. The van der Waals surface area contributed by atoms with E-state index >= 15 is 0 Å². The number of amides is 1. The Labute approximate surface area is 318 Å². The van der Waals surface area contributed by atoms with Crippen molar-refractivity contribution in [1.29, 1.82) is 0 Å². The molecule has 0 aliphatic carbocycles. The van der Waals surface area contributed by atoms with Crippen LogP contribution >= 0.6 is 11.6 Å². The lowest BCUT2D eigenvalue weighted by molar-refractivity contribution is -0.143. The number of anilines is 1. The lowest BCUT2D eigenvalue weighted by Gasteiger charge is -2.34. The van der Waals surface area contributed by atoms with Gasteiger partial charge in [-0.1, -0.05) is 48.0 Å². The number of ether oxygens (including phenoxy) is 4. The molecule has 4 aromatic carbocycles. The summed E-state index contributed by atoms with van der Waals surface area (Å²) in [5.41, 5.74) is 4.41. The number of nitrogens with one attached hydrogen (secondary N) is 1. The number of halogens is 1. The quantitative estimate of drug-likeness (QED) is 0.116. The Morgan fingerprint density at radius 2 is 1.59 bits per heavy atom. The summed E-state index contributed by atoms with van der Waals surface area (Å²) in [4.78, 5) is 28.6. The lowest BCUT2D eigenvalue weighted by Crippen LogP contribution is -2.36. The van der Waals surface area contributed by atoms with E-state index < -0.39 is 12.0 Å². The van der Waals surface area contributed by atoms with Crippen LogP contribution in [0.15, 0.2) is 124 Å². The fourth-order valence-electron chi connectivity index (χ4n) is 6.69. The van der Waals surface area contributed by atoms with Gasteiger partial charge in [0.1, 0.15) is 35.7 Å². The SMILES string of the molecule is COC(=O)C(NCc1ccc(-c2ccc(Cl)cc2)o1)c1ccc(C2CCN(C(=O)c3ccc(COc4ccccc4OC)o3)c3ccc(OC)cc32)cc1. The summed E-state index contributed by atoms with van der Waals surface area (Å²) in [5.74, 6) is 3.29. The van der Waals surface area contributed by atoms with Crippen molar-refractivity contribution < 1.29 is 37.4 Å². The van der Waals surface area contributed by atoms with Crippen LogP contribution in [0, 0.1) is 0 Å². The van der Waals surface area contributed by atoms with Crippen LogP contribution < -0.4 is 24.4 Å². The second-order valence-corrected chi connectivity index (χ2v) is 13.1. The Morgan fingerprint density at radius 1 is 0.833 bits per heavy atom. The molecule has 276 valence electrons. The Morgan fingerprint density at radius 3 is 2.33 bits per heavy atom. The normalized spacial score (nSPS) is 14.2. The number of benzene rings is 4. The van der Waals surface area contributed by atoms with Crippen LogP contribution in [0.5, 0.6) is 17.2 Å². The first-order valence-electron chi connectivity index (χ1n) is 17.4. The summed E-state index contributed by atoms with van der Waals surface area (Å²) in [7, 11) is 4.57. The molecule has 2 aromatic heterocycles. The number of furan rings is 2. The van der Waals surface area contributed by atoms with E-state index in [1.807, 2.05) is 103 Å². The molecule has 10 nitrogen and oxygen atoms in total. The molecule has 54 heavy (non-hydrogen) atoms. The average molecular weight is 747 g/mol. The molecule has 0 radical (unpaired) electrons. The molecule has 0 saturated carbocycles. The van der Waals surface area contributed by atoms with E-state index in [1.165, 1.54) is 7.11 Å². The van der Waals surface area contributed by atoms with Crippen LogP contribution in [0.2, 0.25) is 5.02 Å². The van der Waals surface area contributed by atoms with Crippen molar-refractivity contribution >= 4 is 29.2 Å². The number of carbonyl (C=O) groups is 2. The van der Waals surface area contributed by atoms with E-state index in [0.29, 0.717) is 59.1 Å². The van der Waals surface area contributed by atoms with E-state index in [2.05, 4.69) is 5.32 Å². The predicted octanol–water partition coefficient (Wildman–Crippen LogP) is 8.98. The number of hydrogen-bond donors (Lipinski definition) is 1. The van der Waals surface area contributed by atoms with Gasteiger partial charge in [-0.05, 0) is 102 Å². The van der Waals surface area contributed by atoms with E-state index in [1.54, 1.807) is 31.3 Å². The van der Waals surface area contributed by atoms with Gasteiger partial charge in [-0.3, -0.25) is 10.1 Å². The highest BCUT2D eigenvalue weighted by atomic mass is 35.5. The van der Waals surface area contributed by atoms with Gasteiger partial charge in [0.25, 0.3) is 5.91 Å². The molecule has 3 heterocycles. The molecule has 6 aromatic rings. The summed E-state index contributed by atoms with van der Waals surface area (Å²) in [5, 5.41) is 3.94. The van der Waals surface area contributed by atoms with Crippen molar-refractivity contribution in [3.63, 3.8) is 0 Å². The number of fused-ring (bicyclic) bond motifs is 1. The lowest BCUT2D eigenvalue weighted by atomic mass is 9.83. The number of carbonyl (C=O) groups excluding carboxylic acids is 2. The molecule has 7 rings (SSSR count). The minimum absolute atomic E-state index is 0.0337. The van der Waals surface area contributed by atoms with Gasteiger partial charge in [-0.25, -0.2) is 4.79 Å².